The highest BCUT2D eigenvalue weighted by Gasteiger charge is 2.33. The molecule has 0 unspecified atom stereocenters. The van der Waals surface area contributed by atoms with Gasteiger partial charge in [-0.15, -0.1) is 0 Å². The number of halogens is 3. The van der Waals surface area contributed by atoms with E-state index in [-0.39, 0.29) is 24.9 Å². The number of aryl methyl sites for hydroxylation is 1. The number of likely N-dealkylation sites (tertiary alicyclic amines) is 1. The third-order valence-electron chi connectivity index (χ3n) is 5.79. The summed E-state index contributed by atoms with van der Waals surface area (Å²) in [4.78, 5) is 30.2. The quantitative estimate of drug-likeness (QED) is 0.777. The van der Waals surface area contributed by atoms with Crippen LogP contribution in [-0.4, -0.2) is 80.9 Å². The summed E-state index contributed by atoms with van der Waals surface area (Å²) in [5, 5.41) is 2.93. The maximum Gasteiger partial charge on any atom is 0.422 e. The van der Waals surface area contributed by atoms with Crippen molar-refractivity contribution in [2.24, 2.45) is 5.92 Å². The predicted molar refractivity (Wildman–Crippen MR) is 111 cm³/mol. The zero-order chi connectivity index (χ0) is 22.6. The van der Waals surface area contributed by atoms with Crippen LogP contribution in [0.3, 0.4) is 0 Å². The molecule has 0 radical (unpaired) electrons. The number of piperidine rings is 1. The zero-order valence-corrected chi connectivity index (χ0v) is 17.9. The second kappa shape index (κ2) is 9.76. The minimum atomic E-state index is -4.55. The highest BCUT2D eigenvalue weighted by molar-refractivity contribution is 5.93. The number of nitrogens with zero attached hydrogens (tertiary/aromatic N) is 3. The molecule has 1 aromatic rings. The molecule has 2 heterocycles. The van der Waals surface area contributed by atoms with E-state index in [1.54, 1.807) is 0 Å². The maximum absolute atomic E-state index is 12.6. The topological polar surface area (TPSA) is 65.1 Å². The predicted octanol–water partition coefficient (Wildman–Crippen LogP) is 3.10. The number of likely N-dealkylation sites (N-methyl/N-ethyl adjacent to an activating group) is 1. The number of alkyl halides is 3. The Morgan fingerprint density at radius 3 is 2.32 bits per heavy atom. The van der Waals surface area contributed by atoms with Crippen molar-refractivity contribution in [2.75, 3.05) is 63.1 Å². The lowest BCUT2D eigenvalue weighted by Crippen LogP contribution is -2.44. The van der Waals surface area contributed by atoms with Gasteiger partial charge in [0.1, 0.15) is 0 Å². The number of benzene rings is 1. The molecule has 7 nitrogen and oxygen atoms in total. The van der Waals surface area contributed by atoms with E-state index >= 15 is 0 Å². The van der Waals surface area contributed by atoms with E-state index in [1.807, 2.05) is 25.1 Å². The lowest BCUT2D eigenvalue weighted by Gasteiger charge is -2.35. The van der Waals surface area contributed by atoms with Crippen molar-refractivity contribution in [1.82, 2.24) is 9.80 Å². The van der Waals surface area contributed by atoms with Gasteiger partial charge in [0.05, 0.1) is 0 Å². The molecule has 2 aliphatic rings. The van der Waals surface area contributed by atoms with Gasteiger partial charge in [-0.05, 0) is 50.6 Å². The SMILES string of the molecule is Cc1cc(NC(=O)C2CCN(C(=O)OCC(F)(F)F)CC2)ccc1N1CCN(C)CC1. The number of piperazine rings is 1. The summed E-state index contributed by atoms with van der Waals surface area (Å²) in [5.41, 5.74) is 2.97. The van der Waals surface area contributed by atoms with Crippen LogP contribution in [0.15, 0.2) is 18.2 Å². The Labute approximate surface area is 180 Å². The average Bonchev–Trinajstić information content (AvgIpc) is 2.72. The summed E-state index contributed by atoms with van der Waals surface area (Å²) in [6.45, 7) is 4.76. The summed E-state index contributed by atoms with van der Waals surface area (Å²) in [7, 11) is 2.11. The van der Waals surface area contributed by atoms with Crippen LogP contribution in [0.4, 0.5) is 29.3 Å². The molecule has 10 heteroatoms. The zero-order valence-electron chi connectivity index (χ0n) is 17.9. The van der Waals surface area contributed by atoms with Crippen molar-refractivity contribution in [3.63, 3.8) is 0 Å². The number of rotatable bonds is 4. The second-order valence-corrected chi connectivity index (χ2v) is 8.21. The fraction of sp³-hybridized carbons (Fsp3) is 0.619. The molecule has 0 atom stereocenters. The number of ether oxygens (including phenoxy) is 1. The Morgan fingerprint density at radius 1 is 1.10 bits per heavy atom. The fourth-order valence-corrected chi connectivity index (χ4v) is 3.94. The first-order valence-electron chi connectivity index (χ1n) is 10.5. The normalized spacial score (nSPS) is 18.7. The molecule has 0 saturated carbocycles. The van der Waals surface area contributed by atoms with Crippen molar-refractivity contribution in [3.05, 3.63) is 23.8 Å². The Hall–Kier alpha value is -2.49. The molecule has 2 amide bonds. The van der Waals surface area contributed by atoms with Crippen LogP contribution >= 0.6 is 0 Å². The standard InChI is InChI=1S/C21H29F3N4O3/c1-15-13-17(3-4-18(15)27-11-9-26(2)10-12-27)25-19(29)16-5-7-28(8-6-16)20(30)31-14-21(22,23)24/h3-4,13,16H,5-12,14H2,1-2H3,(H,25,29). The van der Waals surface area contributed by atoms with Gasteiger partial charge in [-0.3, -0.25) is 4.79 Å². The number of nitrogens with one attached hydrogen (secondary N) is 1. The molecule has 0 aromatic heterocycles. The van der Waals surface area contributed by atoms with E-state index in [1.165, 1.54) is 4.90 Å². The monoisotopic (exact) mass is 442 g/mol. The fourth-order valence-electron chi connectivity index (χ4n) is 3.94. The molecular formula is C21H29F3N4O3. The van der Waals surface area contributed by atoms with Crippen molar-refractivity contribution in [1.29, 1.82) is 0 Å². The Bertz CT molecular complexity index is 787. The van der Waals surface area contributed by atoms with Gasteiger partial charge in [-0.1, -0.05) is 0 Å². The molecule has 3 rings (SSSR count). The van der Waals surface area contributed by atoms with Gasteiger partial charge in [-0.2, -0.15) is 13.2 Å². The Morgan fingerprint density at radius 2 is 1.74 bits per heavy atom. The van der Waals surface area contributed by atoms with Crippen molar-refractivity contribution < 1.29 is 27.5 Å². The van der Waals surface area contributed by atoms with Crippen LogP contribution in [0, 0.1) is 12.8 Å². The molecule has 0 bridgehead atoms. The van der Waals surface area contributed by atoms with Gasteiger partial charge >= 0.3 is 12.3 Å². The molecule has 2 saturated heterocycles. The van der Waals surface area contributed by atoms with Gasteiger partial charge in [-0.25, -0.2) is 4.79 Å². The van der Waals surface area contributed by atoms with Crippen LogP contribution in [0.5, 0.6) is 0 Å². The van der Waals surface area contributed by atoms with E-state index in [0.717, 1.165) is 37.4 Å². The van der Waals surface area contributed by atoms with Crippen LogP contribution in [0.1, 0.15) is 18.4 Å². The van der Waals surface area contributed by atoms with Gasteiger partial charge in [0, 0.05) is 56.6 Å². The van der Waals surface area contributed by atoms with Crippen molar-refractivity contribution in [2.45, 2.75) is 25.9 Å². The molecule has 0 spiro atoms. The number of amides is 2. The first kappa shape index (κ1) is 23.2. The van der Waals surface area contributed by atoms with E-state index in [9.17, 15) is 22.8 Å². The lowest BCUT2D eigenvalue weighted by molar-refractivity contribution is -0.162. The average molecular weight is 442 g/mol. The first-order chi connectivity index (χ1) is 14.6. The highest BCUT2D eigenvalue weighted by Crippen LogP contribution is 2.26. The molecule has 2 aliphatic heterocycles. The van der Waals surface area contributed by atoms with Gasteiger partial charge in [0.15, 0.2) is 6.61 Å². The lowest BCUT2D eigenvalue weighted by atomic mass is 9.96. The van der Waals surface area contributed by atoms with Gasteiger partial charge in [0.25, 0.3) is 0 Å². The highest BCUT2D eigenvalue weighted by atomic mass is 19.4. The van der Waals surface area contributed by atoms with Crippen LogP contribution in [0.25, 0.3) is 0 Å². The van der Waals surface area contributed by atoms with Crippen molar-refractivity contribution >= 4 is 23.4 Å². The third kappa shape index (κ3) is 6.49. The first-order valence-corrected chi connectivity index (χ1v) is 10.5. The minimum absolute atomic E-state index is 0.143. The molecule has 1 N–H and O–H groups in total. The number of hydrogen-bond donors (Lipinski definition) is 1. The summed E-state index contributed by atoms with van der Waals surface area (Å²) in [5.74, 6) is -0.445. The minimum Gasteiger partial charge on any atom is -0.440 e. The summed E-state index contributed by atoms with van der Waals surface area (Å²) >= 11 is 0. The van der Waals surface area contributed by atoms with E-state index in [4.69, 9.17) is 0 Å². The summed E-state index contributed by atoms with van der Waals surface area (Å²) in [6, 6.07) is 5.87. The summed E-state index contributed by atoms with van der Waals surface area (Å²) < 4.78 is 40.8. The smallest absolute Gasteiger partial charge is 0.422 e. The summed E-state index contributed by atoms with van der Waals surface area (Å²) in [6.07, 6.45) is -4.78. The molecule has 31 heavy (non-hydrogen) atoms. The molecular weight excluding hydrogens is 413 g/mol. The number of hydrogen-bond acceptors (Lipinski definition) is 5. The Kier molecular flexibility index (Phi) is 7.30. The van der Waals surface area contributed by atoms with Crippen LogP contribution in [-0.2, 0) is 9.53 Å². The molecule has 2 fully saturated rings. The van der Waals surface area contributed by atoms with Crippen LogP contribution < -0.4 is 10.2 Å². The largest absolute Gasteiger partial charge is 0.440 e. The van der Waals surface area contributed by atoms with Gasteiger partial charge in [0.2, 0.25) is 5.91 Å². The third-order valence-corrected chi connectivity index (χ3v) is 5.79. The maximum atomic E-state index is 12.6. The molecule has 0 aliphatic carbocycles. The molecule has 1 aromatic carbocycles. The molecule has 172 valence electrons. The van der Waals surface area contributed by atoms with Crippen molar-refractivity contribution in [3.8, 4) is 0 Å². The second-order valence-electron chi connectivity index (χ2n) is 8.21. The van der Waals surface area contributed by atoms with Crippen LogP contribution in [0.2, 0.25) is 0 Å². The number of carbonyl (C=O) groups excluding carboxylic acids is 2. The van der Waals surface area contributed by atoms with E-state index < -0.39 is 18.9 Å². The number of carbonyl (C=O) groups is 2. The number of anilines is 2. The van der Waals surface area contributed by atoms with E-state index in [0.29, 0.717) is 18.5 Å². The Balaban J connectivity index is 1.48. The van der Waals surface area contributed by atoms with E-state index in [2.05, 4.69) is 26.9 Å². The van der Waals surface area contributed by atoms with Gasteiger partial charge < -0.3 is 24.8 Å².